The van der Waals surface area contributed by atoms with E-state index in [1.165, 1.54) is 32.1 Å². The molecule has 0 saturated carbocycles. The van der Waals surface area contributed by atoms with E-state index in [2.05, 4.69) is 12.2 Å². The molecule has 0 aliphatic carbocycles. The van der Waals surface area contributed by atoms with Crippen molar-refractivity contribution in [3.8, 4) is 5.75 Å². The Morgan fingerprint density at radius 1 is 0.970 bits per heavy atom. The van der Waals surface area contributed by atoms with Crippen LogP contribution < -0.4 is 15.0 Å². The highest BCUT2D eigenvalue weighted by Gasteiger charge is 2.34. The van der Waals surface area contributed by atoms with Crippen LogP contribution in [0.15, 0.2) is 48.5 Å². The standard InChI is InChI=1S/C27H36N2O3S/c1-3-5-6-7-8-9-10-11-25(30)28-22-14-12-21(13-15-22)27-29(26(31)20-33-27)23-16-18-24(19-17-23)32-4-2/h12-19,27H,3-11,20H2,1-2H3,(H,28,30)/t27-/m0/s1. The van der Waals surface area contributed by atoms with Crippen molar-refractivity contribution in [1.29, 1.82) is 0 Å². The van der Waals surface area contributed by atoms with Gasteiger partial charge in [0.1, 0.15) is 11.1 Å². The Balaban J connectivity index is 1.52. The first-order valence-electron chi connectivity index (χ1n) is 12.2. The van der Waals surface area contributed by atoms with Gasteiger partial charge in [0.15, 0.2) is 0 Å². The Bertz CT molecular complexity index is 883. The normalized spacial score (nSPS) is 15.6. The molecule has 3 rings (SSSR count). The Morgan fingerprint density at radius 3 is 2.30 bits per heavy atom. The molecule has 0 aromatic heterocycles. The molecule has 5 nitrogen and oxygen atoms in total. The number of benzene rings is 2. The zero-order valence-electron chi connectivity index (χ0n) is 19.8. The van der Waals surface area contributed by atoms with Gasteiger partial charge < -0.3 is 10.1 Å². The highest BCUT2D eigenvalue weighted by molar-refractivity contribution is 8.00. The summed E-state index contributed by atoms with van der Waals surface area (Å²) in [7, 11) is 0. The van der Waals surface area contributed by atoms with Crippen LogP contribution in [0.4, 0.5) is 11.4 Å². The highest BCUT2D eigenvalue weighted by Crippen LogP contribution is 2.42. The minimum atomic E-state index is -0.0760. The molecule has 1 aliphatic heterocycles. The summed E-state index contributed by atoms with van der Waals surface area (Å²) in [6, 6.07) is 15.5. The molecule has 2 amide bonds. The fraction of sp³-hybridized carbons (Fsp3) is 0.481. The van der Waals surface area contributed by atoms with E-state index in [0.29, 0.717) is 18.8 Å². The number of nitrogens with zero attached hydrogens (tertiary/aromatic N) is 1. The van der Waals surface area contributed by atoms with Crippen molar-refractivity contribution in [3.63, 3.8) is 0 Å². The van der Waals surface area contributed by atoms with Crippen LogP contribution in [0.5, 0.6) is 5.75 Å². The molecule has 1 atom stereocenters. The van der Waals surface area contributed by atoms with E-state index in [1.807, 2.05) is 60.4 Å². The second kappa shape index (κ2) is 13.3. The van der Waals surface area contributed by atoms with E-state index in [9.17, 15) is 9.59 Å². The molecule has 1 heterocycles. The van der Waals surface area contributed by atoms with Crippen molar-refractivity contribution in [2.24, 2.45) is 0 Å². The van der Waals surface area contributed by atoms with Crippen molar-refractivity contribution in [2.45, 2.75) is 70.6 Å². The SMILES string of the molecule is CCCCCCCCCC(=O)Nc1ccc([C@@H]2SCC(=O)N2c2ccc(OCC)cc2)cc1. The molecule has 1 fully saturated rings. The lowest BCUT2D eigenvalue weighted by Crippen LogP contribution is -2.27. The zero-order chi connectivity index (χ0) is 23.5. The monoisotopic (exact) mass is 468 g/mol. The third-order valence-corrected chi connectivity index (χ3v) is 6.99. The first kappa shape index (κ1) is 25.2. The molecule has 1 saturated heterocycles. The average molecular weight is 469 g/mol. The molecule has 0 spiro atoms. The third kappa shape index (κ3) is 7.53. The number of anilines is 2. The molecular formula is C27H36N2O3S. The maximum absolute atomic E-state index is 12.6. The summed E-state index contributed by atoms with van der Waals surface area (Å²) in [6.07, 6.45) is 8.97. The number of carbonyl (C=O) groups excluding carboxylic acids is 2. The minimum absolute atomic E-state index is 0.0674. The molecule has 0 radical (unpaired) electrons. The Labute approximate surface area is 202 Å². The van der Waals surface area contributed by atoms with Crippen LogP contribution in [0.1, 0.15) is 76.2 Å². The van der Waals surface area contributed by atoms with Crippen LogP contribution in [-0.4, -0.2) is 24.2 Å². The molecule has 0 unspecified atom stereocenters. The summed E-state index contributed by atoms with van der Waals surface area (Å²) in [6.45, 7) is 4.79. The van der Waals surface area contributed by atoms with Gasteiger partial charge in [0.2, 0.25) is 11.8 Å². The minimum Gasteiger partial charge on any atom is -0.494 e. The topological polar surface area (TPSA) is 58.6 Å². The first-order valence-corrected chi connectivity index (χ1v) is 13.2. The molecule has 2 aromatic rings. The van der Waals surface area contributed by atoms with Gasteiger partial charge in [-0.05, 0) is 55.3 Å². The molecule has 178 valence electrons. The first-order chi connectivity index (χ1) is 16.1. The molecular weight excluding hydrogens is 432 g/mol. The van der Waals surface area contributed by atoms with Crippen LogP contribution in [0.3, 0.4) is 0 Å². The van der Waals surface area contributed by atoms with Crippen molar-refractivity contribution in [3.05, 3.63) is 54.1 Å². The van der Waals surface area contributed by atoms with Crippen LogP contribution in [0.2, 0.25) is 0 Å². The Kier molecular flexibility index (Phi) is 10.1. The number of thioether (sulfide) groups is 1. The summed E-state index contributed by atoms with van der Waals surface area (Å²) >= 11 is 1.62. The van der Waals surface area contributed by atoms with Gasteiger partial charge in [-0.15, -0.1) is 11.8 Å². The summed E-state index contributed by atoms with van der Waals surface area (Å²) in [5.74, 6) is 1.42. The maximum Gasteiger partial charge on any atom is 0.238 e. The number of unbranched alkanes of at least 4 members (excludes halogenated alkanes) is 6. The summed E-state index contributed by atoms with van der Waals surface area (Å²) in [5.41, 5.74) is 2.71. The molecule has 1 N–H and O–H groups in total. The quantitative estimate of drug-likeness (QED) is 0.323. The van der Waals surface area contributed by atoms with Gasteiger partial charge in [-0.1, -0.05) is 57.6 Å². The largest absolute Gasteiger partial charge is 0.494 e. The molecule has 6 heteroatoms. The molecule has 33 heavy (non-hydrogen) atoms. The average Bonchev–Trinajstić information content (AvgIpc) is 3.21. The predicted molar refractivity (Wildman–Crippen MR) is 138 cm³/mol. The molecule has 1 aliphatic rings. The van der Waals surface area contributed by atoms with E-state index in [1.54, 1.807) is 11.8 Å². The molecule has 2 aromatic carbocycles. The van der Waals surface area contributed by atoms with Crippen LogP contribution >= 0.6 is 11.8 Å². The second-order valence-corrected chi connectivity index (χ2v) is 9.46. The van der Waals surface area contributed by atoms with Gasteiger partial charge in [-0.25, -0.2) is 0 Å². The van der Waals surface area contributed by atoms with Crippen LogP contribution in [0, 0.1) is 0 Å². The Hall–Kier alpha value is -2.47. The van der Waals surface area contributed by atoms with Crippen molar-refractivity contribution in [1.82, 2.24) is 0 Å². The van der Waals surface area contributed by atoms with Gasteiger partial charge >= 0.3 is 0 Å². The van der Waals surface area contributed by atoms with E-state index in [4.69, 9.17) is 4.74 Å². The Morgan fingerprint density at radius 2 is 1.64 bits per heavy atom. The summed E-state index contributed by atoms with van der Waals surface area (Å²) in [4.78, 5) is 26.7. The molecule has 0 bridgehead atoms. The van der Waals surface area contributed by atoms with E-state index in [0.717, 1.165) is 35.5 Å². The van der Waals surface area contributed by atoms with Crippen LogP contribution in [-0.2, 0) is 9.59 Å². The zero-order valence-corrected chi connectivity index (χ0v) is 20.7. The van der Waals surface area contributed by atoms with E-state index < -0.39 is 0 Å². The van der Waals surface area contributed by atoms with Gasteiger partial charge in [-0.2, -0.15) is 0 Å². The second-order valence-electron chi connectivity index (χ2n) is 8.40. The number of ether oxygens (including phenoxy) is 1. The number of nitrogens with one attached hydrogen (secondary N) is 1. The van der Waals surface area contributed by atoms with Crippen LogP contribution in [0.25, 0.3) is 0 Å². The third-order valence-electron chi connectivity index (χ3n) is 5.78. The van der Waals surface area contributed by atoms with Crippen molar-refractivity contribution in [2.75, 3.05) is 22.6 Å². The number of rotatable bonds is 13. The number of hydrogen-bond donors (Lipinski definition) is 1. The van der Waals surface area contributed by atoms with Gasteiger partial charge in [0, 0.05) is 17.8 Å². The fourth-order valence-corrected chi connectivity index (χ4v) is 5.19. The number of hydrogen-bond acceptors (Lipinski definition) is 4. The van der Waals surface area contributed by atoms with E-state index >= 15 is 0 Å². The lowest BCUT2D eigenvalue weighted by molar-refractivity contribution is -0.116. The lowest BCUT2D eigenvalue weighted by Gasteiger charge is -2.24. The number of amides is 2. The van der Waals surface area contributed by atoms with Gasteiger partial charge in [-0.3, -0.25) is 14.5 Å². The highest BCUT2D eigenvalue weighted by atomic mass is 32.2. The van der Waals surface area contributed by atoms with Crippen molar-refractivity contribution >= 4 is 35.0 Å². The summed E-state index contributed by atoms with van der Waals surface area (Å²) < 4.78 is 5.51. The lowest BCUT2D eigenvalue weighted by atomic mass is 10.1. The fourth-order valence-electron chi connectivity index (χ4n) is 4.02. The van der Waals surface area contributed by atoms with Crippen molar-refractivity contribution < 1.29 is 14.3 Å². The van der Waals surface area contributed by atoms with Gasteiger partial charge in [0.25, 0.3) is 0 Å². The summed E-state index contributed by atoms with van der Waals surface area (Å²) in [5, 5.41) is 2.92. The smallest absolute Gasteiger partial charge is 0.238 e. The van der Waals surface area contributed by atoms with E-state index in [-0.39, 0.29) is 17.2 Å². The number of carbonyl (C=O) groups is 2. The maximum atomic E-state index is 12.6. The predicted octanol–water partition coefficient (Wildman–Crippen LogP) is 6.94. The van der Waals surface area contributed by atoms with Gasteiger partial charge in [0.05, 0.1) is 12.4 Å².